The molecule has 2 N–H and O–H groups in total. The molecule has 0 spiro atoms. The zero-order valence-corrected chi connectivity index (χ0v) is 13.5. The van der Waals surface area contributed by atoms with Gasteiger partial charge in [-0.2, -0.15) is 0 Å². The lowest BCUT2D eigenvalue weighted by Gasteiger charge is -2.08. The van der Waals surface area contributed by atoms with Crippen molar-refractivity contribution in [2.75, 3.05) is 10.6 Å². The van der Waals surface area contributed by atoms with Crippen molar-refractivity contribution in [1.29, 1.82) is 0 Å². The van der Waals surface area contributed by atoms with E-state index in [1.54, 1.807) is 30.6 Å². The minimum Gasteiger partial charge on any atom is -0.318 e. The standard InChI is InChI=1S/C19H16N4O2/c24-18(22-14-5-4-12-2-1-3-13(12)10-14)19(25)23-15-6-7-16-17(11-15)21-9-8-20-16/h4-11H,1-3H2,(H,22,24)(H,23,25). The van der Waals surface area contributed by atoms with Crippen LogP contribution in [-0.2, 0) is 22.4 Å². The zero-order chi connectivity index (χ0) is 17.2. The summed E-state index contributed by atoms with van der Waals surface area (Å²) in [5.41, 5.74) is 5.08. The van der Waals surface area contributed by atoms with E-state index in [-0.39, 0.29) is 0 Å². The Morgan fingerprint density at radius 3 is 2.20 bits per heavy atom. The Labute approximate surface area is 144 Å². The van der Waals surface area contributed by atoms with Crippen molar-refractivity contribution in [1.82, 2.24) is 9.97 Å². The minimum atomic E-state index is -0.719. The number of aromatic nitrogens is 2. The number of carbonyl (C=O) groups is 2. The summed E-state index contributed by atoms with van der Waals surface area (Å²) in [5.74, 6) is -1.42. The molecule has 0 saturated heterocycles. The van der Waals surface area contributed by atoms with E-state index in [1.165, 1.54) is 11.1 Å². The molecular formula is C19H16N4O2. The van der Waals surface area contributed by atoms with Crippen molar-refractivity contribution in [2.24, 2.45) is 0 Å². The number of nitrogens with zero attached hydrogens (tertiary/aromatic N) is 2. The zero-order valence-electron chi connectivity index (χ0n) is 13.5. The van der Waals surface area contributed by atoms with Gasteiger partial charge >= 0.3 is 11.8 Å². The fourth-order valence-electron chi connectivity index (χ4n) is 3.07. The molecule has 25 heavy (non-hydrogen) atoms. The van der Waals surface area contributed by atoms with Gasteiger partial charge in [-0.05, 0) is 60.7 Å². The van der Waals surface area contributed by atoms with Crippen LogP contribution in [0.4, 0.5) is 11.4 Å². The Morgan fingerprint density at radius 1 is 0.760 bits per heavy atom. The smallest absolute Gasteiger partial charge is 0.314 e. The van der Waals surface area contributed by atoms with Crippen LogP contribution in [0.2, 0.25) is 0 Å². The van der Waals surface area contributed by atoms with Crippen molar-refractivity contribution < 1.29 is 9.59 Å². The first-order chi connectivity index (χ1) is 12.2. The summed E-state index contributed by atoms with van der Waals surface area (Å²) in [6, 6.07) is 10.9. The molecule has 1 aromatic heterocycles. The number of carbonyl (C=O) groups excluding carboxylic acids is 2. The van der Waals surface area contributed by atoms with E-state index in [2.05, 4.69) is 20.6 Å². The second-order valence-electron chi connectivity index (χ2n) is 6.01. The Bertz CT molecular complexity index is 984. The Hall–Kier alpha value is -3.28. The van der Waals surface area contributed by atoms with E-state index in [0.29, 0.717) is 16.9 Å². The Balaban J connectivity index is 1.45. The van der Waals surface area contributed by atoms with Crippen LogP contribution in [0.1, 0.15) is 17.5 Å². The number of amides is 2. The number of rotatable bonds is 2. The highest BCUT2D eigenvalue weighted by Gasteiger charge is 2.16. The van der Waals surface area contributed by atoms with Gasteiger partial charge in [0.25, 0.3) is 0 Å². The third-order valence-corrected chi connectivity index (χ3v) is 4.29. The van der Waals surface area contributed by atoms with Crippen LogP contribution in [-0.4, -0.2) is 21.8 Å². The highest BCUT2D eigenvalue weighted by Crippen LogP contribution is 2.25. The van der Waals surface area contributed by atoms with Gasteiger partial charge in [0.15, 0.2) is 0 Å². The van der Waals surface area contributed by atoms with Gasteiger partial charge in [-0.25, -0.2) is 0 Å². The van der Waals surface area contributed by atoms with Crippen molar-refractivity contribution >= 4 is 34.2 Å². The average Bonchev–Trinajstić information content (AvgIpc) is 3.09. The van der Waals surface area contributed by atoms with Gasteiger partial charge < -0.3 is 10.6 Å². The number of benzene rings is 2. The number of anilines is 2. The van der Waals surface area contributed by atoms with Crippen LogP contribution in [0.3, 0.4) is 0 Å². The first-order valence-corrected chi connectivity index (χ1v) is 8.14. The average molecular weight is 332 g/mol. The SMILES string of the molecule is O=C(Nc1ccc2c(c1)CCC2)C(=O)Nc1ccc2nccnc2c1. The molecule has 1 heterocycles. The normalized spacial score (nSPS) is 12.6. The maximum atomic E-state index is 12.1. The molecule has 0 radical (unpaired) electrons. The molecule has 1 aliphatic rings. The summed E-state index contributed by atoms with van der Waals surface area (Å²) >= 11 is 0. The molecule has 124 valence electrons. The molecular weight excluding hydrogens is 316 g/mol. The molecule has 3 aromatic rings. The summed E-state index contributed by atoms with van der Waals surface area (Å²) < 4.78 is 0. The van der Waals surface area contributed by atoms with E-state index in [1.807, 2.05) is 18.2 Å². The fourth-order valence-corrected chi connectivity index (χ4v) is 3.07. The van der Waals surface area contributed by atoms with Gasteiger partial charge in [0.05, 0.1) is 11.0 Å². The minimum absolute atomic E-state index is 0.502. The van der Waals surface area contributed by atoms with Crippen molar-refractivity contribution in [3.8, 4) is 0 Å². The maximum absolute atomic E-state index is 12.1. The van der Waals surface area contributed by atoms with E-state index < -0.39 is 11.8 Å². The molecule has 6 heteroatoms. The maximum Gasteiger partial charge on any atom is 0.314 e. The topological polar surface area (TPSA) is 84.0 Å². The molecule has 0 unspecified atom stereocenters. The van der Waals surface area contributed by atoms with Gasteiger partial charge in [-0.15, -0.1) is 0 Å². The molecule has 6 nitrogen and oxygen atoms in total. The first-order valence-electron chi connectivity index (χ1n) is 8.14. The number of nitrogens with one attached hydrogen (secondary N) is 2. The third-order valence-electron chi connectivity index (χ3n) is 4.29. The molecule has 0 saturated carbocycles. The summed E-state index contributed by atoms with van der Waals surface area (Å²) in [6.45, 7) is 0. The van der Waals surface area contributed by atoms with Crippen LogP contribution in [0.25, 0.3) is 11.0 Å². The van der Waals surface area contributed by atoms with E-state index in [4.69, 9.17) is 0 Å². The Kier molecular flexibility index (Phi) is 3.85. The summed E-state index contributed by atoms with van der Waals surface area (Å²) in [5, 5.41) is 5.24. The largest absolute Gasteiger partial charge is 0.318 e. The van der Waals surface area contributed by atoms with Gasteiger partial charge in [-0.1, -0.05) is 6.07 Å². The lowest BCUT2D eigenvalue weighted by molar-refractivity contribution is -0.132. The van der Waals surface area contributed by atoms with Gasteiger partial charge in [0, 0.05) is 23.8 Å². The lowest BCUT2D eigenvalue weighted by Crippen LogP contribution is -2.29. The third kappa shape index (κ3) is 3.19. The highest BCUT2D eigenvalue weighted by molar-refractivity contribution is 6.43. The summed E-state index contributed by atoms with van der Waals surface area (Å²) in [4.78, 5) is 32.6. The molecule has 0 aliphatic heterocycles. The molecule has 0 bridgehead atoms. The van der Waals surface area contributed by atoms with E-state index in [0.717, 1.165) is 24.8 Å². The summed E-state index contributed by atoms with van der Waals surface area (Å²) in [7, 11) is 0. The Morgan fingerprint density at radius 2 is 1.40 bits per heavy atom. The van der Waals surface area contributed by atoms with Gasteiger partial charge in [0.1, 0.15) is 0 Å². The summed E-state index contributed by atoms with van der Waals surface area (Å²) in [6.07, 6.45) is 6.41. The van der Waals surface area contributed by atoms with E-state index in [9.17, 15) is 9.59 Å². The lowest BCUT2D eigenvalue weighted by atomic mass is 10.1. The monoisotopic (exact) mass is 332 g/mol. The van der Waals surface area contributed by atoms with Crippen LogP contribution in [0, 0.1) is 0 Å². The predicted molar refractivity (Wildman–Crippen MR) is 95.3 cm³/mol. The van der Waals surface area contributed by atoms with Crippen molar-refractivity contribution in [3.05, 3.63) is 59.9 Å². The fraction of sp³-hybridized carbons (Fsp3) is 0.158. The molecule has 2 aromatic carbocycles. The second kappa shape index (κ2) is 6.32. The van der Waals surface area contributed by atoms with Crippen LogP contribution in [0.15, 0.2) is 48.8 Å². The van der Waals surface area contributed by atoms with Crippen LogP contribution >= 0.6 is 0 Å². The highest BCUT2D eigenvalue weighted by atomic mass is 16.2. The van der Waals surface area contributed by atoms with Crippen LogP contribution < -0.4 is 10.6 Å². The molecule has 2 amide bonds. The van der Waals surface area contributed by atoms with Crippen molar-refractivity contribution in [3.63, 3.8) is 0 Å². The van der Waals surface area contributed by atoms with Gasteiger partial charge in [-0.3, -0.25) is 19.6 Å². The molecule has 0 atom stereocenters. The quantitative estimate of drug-likeness (QED) is 0.707. The van der Waals surface area contributed by atoms with Crippen molar-refractivity contribution in [2.45, 2.75) is 19.3 Å². The molecule has 1 aliphatic carbocycles. The van der Waals surface area contributed by atoms with E-state index >= 15 is 0 Å². The van der Waals surface area contributed by atoms with Gasteiger partial charge in [0.2, 0.25) is 0 Å². The number of aryl methyl sites for hydroxylation is 2. The van der Waals surface area contributed by atoms with Crippen LogP contribution in [0.5, 0.6) is 0 Å². The second-order valence-corrected chi connectivity index (χ2v) is 6.01. The predicted octanol–water partition coefficient (Wildman–Crippen LogP) is 2.70. The molecule has 0 fully saturated rings. The number of hydrogen-bond donors (Lipinski definition) is 2. The first kappa shape index (κ1) is 15.3. The number of fused-ring (bicyclic) bond motifs is 2. The molecule has 4 rings (SSSR count). The number of hydrogen-bond acceptors (Lipinski definition) is 4.